The monoisotopic (exact) mass is 570 g/mol. The molecule has 0 spiro atoms. The van der Waals surface area contributed by atoms with E-state index in [1.807, 2.05) is 61.2 Å². The number of hydrogen-bond acceptors (Lipinski definition) is 6. The van der Waals surface area contributed by atoms with Crippen LogP contribution in [0.2, 0.25) is 0 Å². The summed E-state index contributed by atoms with van der Waals surface area (Å²) in [6.07, 6.45) is 0.715. The van der Waals surface area contributed by atoms with E-state index in [2.05, 4.69) is 28.0 Å². The second-order valence-corrected chi connectivity index (χ2v) is 11.3. The molecule has 0 bridgehead atoms. The van der Waals surface area contributed by atoms with Gasteiger partial charge in [-0.05, 0) is 66.9 Å². The third-order valence-corrected chi connectivity index (χ3v) is 6.84. The van der Waals surface area contributed by atoms with Crippen molar-refractivity contribution in [2.75, 3.05) is 51.3 Å². The smallest absolute Gasteiger partial charge is 0.261 e. The first-order chi connectivity index (χ1) is 19.0. The van der Waals surface area contributed by atoms with E-state index < -0.39 is 10.1 Å². The van der Waals surface area contributed by atoms with Gasteiger partial charge in [0.05, 0.1) is 12.3 Å². The van der Waals surface area contributed by atoms with Crippen LogP contribution >= 0.6 is 0 Å². The molecule has 216 valence electrons. The molecule has 0 saturated carbocycles. The fourth-order valence-electron chi connectivity index (χ4n) is 4.87. The fourth-order valence-corrected chi connectivity index (χ4v) is 4.87. The van der Waals surface area contributed by atoms with E-state index in [4.69, 9.17) is 10.3 Å². The number of carbonyl (C=O) groups is 1. The number of nitrogens with two attached hydrogens (primary N) is 1. The lowest BCUT2D eigenvalue weighted by molar-refractivity contribution is 0.0772. The molecule has 8 nitrogen and oxygen atoms in total. The molecule has 1 fully saturated rings. The fraction of sp³-hybridized carbons (Fsp3) is 0.367. The molecule has 0 unspecified atom stereocenters. The molecule has 10 heteroatoms. The second-order valence-electron chi connectivity index (χ2n) is 9.84. The molecule has 1 aliphatic rings. The van der Waals surface area contributed by atoms with Crippen LogP contribution in [0.5, 0.6) is 0 Å². The van der Waals surface area contributed by atoms with Crippen molar-refractivity contribution in [2.24, 2.45) is 0 Å². The van der Waals surface area contributed by atoms with Gasteiger partial charge in [-0.2, -0.15) is 8.42 Å². The van der Waals surface area contributed by atoms with Crippen molar-refractivity contribution in [2.45, 2.75) is 26.4 Å². The van der Waals surface area contributed by atoms with Gasteiger partial charge < -0.3 is 10.6 Å². The summed E-state index contributed by atoms with van der Waals surface area (Å²) in [7, 11) is -3.67. The number of piperazine rings is 1. The molecule has 0 radical (unpaired) electrons. The molecule has 1 atom stereocenters. The van der Waals surface area contributed by atoms with Gasteiger partial charge in [0.1, 0.15) is 5.82 Å². The summed E-state index contributed by atoms with van der Waals surface area (Å²) in [6, 6.07) is 23.0. The number of nitrogens with zero attached hydrogens (tertiary/aromatic N) is 3. The number of anilines is 1. The molecule has 0 aromatic heterocycles. The predicted octanol–water partition coefficient (Wildman–Crippen LogP) is 4.30. The average molecular weight is 571 g/mol. The number of hydrogen-bond donors (Lipinski definition) is 2. The molecule has 0 aliphatic carbocycles. The van der Waals surface area contributed by atoms with Crippen LogP contribution in [0, 0.1) is 5.82 Å². The van der Waals surface area contributed by atoms with Crippen molar-refractivity contribution in [1.29, 1.82) is 0 Å². The summed E-state index contributed by atoms with van der Waals surface area (Å²) in [5, 5.41) is 0. The van der Waals surface area contributed by atoms with Crippen LogP contribution in [0.1, 0.15) is 46.9 Å². The van der Waals surface area contributed by atoms with Gasteiger partial charge in [-0.15, -0.1) is 0 Å². The Labute approximate surface area is 236 Å². The van der Waals surface area contributed by atoms with Crippen molar-refractivity contribution >= 4 is 21.7 Å². The van der Waals surface area contributed by atoms with Crippen molar-refractivity contribution in [3.63, 3.8) is 0 Å². The van der Waals surface area contributed by atoms with E-state index in [0.29, 0.717) is 24.9 Å². The molecule has 1 aliphatic heterocycles. The number of benzene rings is 3. The molecule has 3 aromatic rings. The number of carbonyl (C=O) groups excluding carboxylic acids is 1. The van der Waals surface area contributed by atoms with Gasteiger partial charge in [-0.3, -0.25) is 19.1 Å². The van der Waals surface area contributed by atoms with Crippen LogP contribution in [0.4, 0.5) is 10.1 Å². The number of nitrogen functional groups attached to an aromatic ring is 1. The maximum Gasteiger partial charge on any atom is 0.261 e. The second kappa shape index (κ2) is 14.4. The highest BCUT2D eigenvalue weighted by atomic mass is 32.2. The van der Waals surface area contributed by atoms with Gasteiger partial charge in [-0.1, -0.05) is 36.4 Å². The quantitative estimate of drug-likeness (QED) is 0.307. The first kappa shape index (κ1) is 31.2. The number of rotatable bonds is 8. The zero-order chi connectivity index (χ0) is 29.3. The Morgan fingerprint density at radius 2 is 1.52 bits per heavy atom. The molecule has 1 amide bonds. The summed E-state index contributed by atoms with van der Waals surface area (Å²) in [4.78, 5) is 19.5. The maximum absolute atomic E-state index is 13.3. The summed E-state index contributed by atoms with van der Waals surface area (Å²) >= 11 is 0. The molecule has 1 heterocycles. The highest BCUT2D eigenvalue weighted by Gasteiger charge is 2.27. The zero-order valence-corrected chi connectivity index (χ0v) is 24.1. The summed E-state index contributed by atoms with van der Waals surface area (Å²) < 4.78 is 39.1. The van der Waals surface area contributed by atoms with E-state index in [1.165, 1.54) is 12.1 Å². The Balaban J connectivity index is 0.000000810. The van der Waals surface area contributed by atoms with E-state index in [9.17, 15) is 17.6 Å². The Bertz CT molecular complexity index is 1330. The Kier molecular flexibility index (Phi) is 11.2. The topological polar surface area (TPSA) is 107 Å². The van der Waals surface area contributed by atoms with E-state index in [-0.39, 0.29) is 17.8 Å². The SMILES string of the molecule is CCN(CC)C(=O)c1ccc([C@H](c2cccc(N)c2)N2CCN(Cc3ccc(F)cc3)CC2)cc1.CS(=O)(=O)O. The van der Waals surface area contributed by atoms with Gasteiger partial charge in [0.25, 0.3) is 16.0 Å². The standard InChI is InChI=1S/C29H35FN4O.CH4O3S/c1-3-33(4-2)29(35)24-12-10-23(11-13-24)28(25-6-5-7-27(31)20-25)34-18-16-32(17-19-34)21-22-8-14-26(30)15-9-22;1-5(2,3)4/h5-15,20,28H,3-4,16-19,21,31H2,1-2H3;1H3,(H,2,3,4)/t28-;/m1./s1. The van der Waals surface area contributed by atoms with Gasteiger partial charge in [-0.25, -0.2) is 4.39 Å². The number of amides is 1. The normalized spacial score (nSPS) is 15.1. The summed E-state index contributed by atoms with van der Waals surface area (Å²) in [5.41, 5.74) is 11.0. The molecule has 3 aromatic carbocycles. The maximum atomic E-state index is 13.3. The van der Waals surface area contributed by atoms with Gasteiger partial charge in [0.15, 0.2) is 0 Å². The lowest BCUT2D eigenvalue weighted by Gasteiger charge is -2.40. The lowest BCUT2D eigenvalue weighted by Crippen LogP contribution is -2.47. The summed E-state index contributed by atoms with van der Waals surface area (Å²) in [5.74, 6) is -0.134. The van der Waals surface area contributed by atoms with E-state index in [1.54, 1.807) is 0 Å². The predicted molar refractivity (Wildman–Crippen MR) is 157 cm³/mol. The zero-order valence-electron chi connectivity index (χ0n) is 23.3. The largest absolute Gasteiger partial charge is 0.399 e. The van der Waals surface area contributed by atoms with Crippen molar-refractivity contribution in [3.8, 4) is 0 Å². The van der Waals surface area contributed by atoms with Gasteiger partial charge in [0.2, 0.25) is 0 Å². The third-order valence-electron chi connectivity index (χ3n) is 6.84. The van der Waals surface area contributed by atoms with Crippen LogP contribution in [-0.2, 0) is 16.7 Å². The van der Waals surface area contributed by atoms with Gasteiger partial charge in [0, 0.05) is 57.1 Å². The Morgan fingerprint density at radius 3 is 2.05 bits per heavy atom. The molecule has 1 saturated heterocycles. The number of halogens is 1. The van der Waals surface area contributed by atoms with Crippen LogP contribution in [0.25, 0.3) is 0 Å². The molecular formula is C30H39FN4O4S. The van der Waals surface area contributed by atoms with E-state index >= 15 is 0 Å². The van der Waals surface area contributed by atoms with Crippen LogP contribution in [-0.4, -0.2) is 79.1 Å². The van der Waals surface area contributed by atoms with Crippen molar-refractivity contribution < 1.29 is 22.2 Å². The highest BCUT2D eigenvalue weighted by Crippen LogP contribution is 2.31. The molecule has 3 N–H and O–H groups in total. The minimum atomic E-state index is -3.67. The minimum absolute atomic E-state index is 0.0593. The molecule has 4 rings (SSSR count). The minimum Gasteiger partial charge on any atom is -0.399 e. The third kappa shape index (κ3) is 9.41. The Hall–Kier alpha value is -3.31. The first-order valence-corrected chi connectivity index (χ1v) is 15.2. The Morgan fingerprint density at radius 1 is 0.950 bits per heavy atom. The van der Waals surface area contributed by atoms with Crippen LogP contribution in [0.3, 0.4) is 0 Å². The van der Waals surface area contributed by atoms with Crippen LogP contribution < -0.4 is 5.73 Å². The van der Waals surface area contributed by atoms with Gasteiger partial charge >= 0.3 is 0 Å². The first-order valence-electron chi connectivity index (χ1n) is 13.4. The van der Waals surface area contributed by atoms with Crippen molar-refractivity contribution in [3.05, 3.63) is 101 Å². The molecular weight excluding hydrogens is 531 g/mol. The summed E-state index contributed by atoms with van der Waals surface area (Å²) in [6.45, 7) is 9.88. The lowest BCUT2D eigenvalue weighted by atomic mass is 9.95. The van der Waals surface area contributed by atoms with Crippen LogP contribution in [0.15, 0.2) is 72.8 Å². The average Bonchev–Trinajstić information content (AvgIpc) is 2.91. The molecule has 40 heavy (non-hydrogen) atoms. The highest BCUT2D eigenvalue weighted by molar-refractivity contribution is 7.85. The van der Waals surface area contributed by atoms with Crippen molar-refractivity contribution in [1.82, 2.24) is 14.7 Å². The van der Waals surface area contributed by atoms with E-state index in [0.717, 1.165) is 55.1 Å².